The van der Waals surface area contributed by atoms with Crippen molar-refractivity contribution in [2.24, 2.45) is 0 Å². The third-order valence-electron chi connectivity index (χ3n) is 2.08. The summed E-state index contributed by atoms with van der Waals surface area (Å²) in [6.45, 7) is 2.34. The zero-order valence-corrected chi connectivity index (χ0v) is 7.36. The van der Waals surface area contributed by atoms with Crippen LogP contribution in [0.4, 0.5) is 0 Å². The molecule has 68 valence electrons. The van der Waals surface area contributed by atoms with Crippen molar-refractivity contribution in [2.75, 3.05) is 0 Å². The summed E-state index contributed by atoms with van der Waals surface area (Å²) < 4.78 is 1.96. The molecule has 0 radical (unpaired) electrons. The van der Waals surface area contributed by atoms with E-state index in [4.69, 9.17) is 5.21 Å². The predicted molar refractivity (Wildman–Crippen MR) is 48.6 cm³/mol. The highest BCUT2D eigenvalue weighted by molar-refractivity contribution is 5.42. The molecule has 0 aliphatic heterocycles. The number of imidazole rings is 1. The maximum absolute atomic E-state index is 8.63. The topological polar surface area (TPSA) is 49.6 Å². The van der Waals surface area contributed by atoms with Crippen molar-refractivity contribution in [3.63, 3.8) is 0 Å². The molecule has 4 nitrogen and oxygen atoms in total. The van der Waals surface area contributed by atoms with Crippen molar-refractivity contribution >= 4 is 5.65 Å². The maximum Gasteiger partial charge on any atom is 0.137 e. The Morgan fingerprint density at radius 3 is 3.15 bits per heavy atom. The number of pyridine rings is 1. The summed E-state index contributed by atoms with van der Waals surface area (Å²) in [7, 11) is 0. The molecule has 0 saturated heterocycles. The van der Waals surface area contributed by atoms with E-state index in [9.17, 15) is 0 Å². The summed E-state index contributed by atoms with van der Waals surface area (Å²) in [5.74, 6) is 0. The number of aryl methyl sites for hydroxylation is 1. The normalized spacial score (nSPS) is 10.9. The number of fused-ring (bicyclic) bond motifs is 1. The highest BCUT2D eigenvalue weighted by Gasteiger charge is 2.05. The average Bonchev–Trinajstić information content (AvgIpc) is 2.44. The Balaban J connectivity index is 2.64. The van der Waals surface area contributed by atoms with E-state index < -0.39 is 0 Å². The second kappa shape index (κ2) is 3.16. The van der Waals surface area contributed by atoms with Crippen LogP contribution in [0.15, 0.2) is 24.4 Å². The van der Waals surface area contributed by atoms with Gasteiger partial charge in [0.25, 0.3) is 0 Å². The number of nitrogens with zero attached hydrogens (tertiary/aromatic N) is 2. The zero-order chi connectivity index (χ0) is 9.26. The van der Waals surface area contributed by atoms with Gasteiger partial charge in [0.1, 0.15) is 5.65 Å². The van der Waals surface area contributed by atoms with E-state index in [1.165, 1.54) is 0 Å². The molecular formula is C9H11N3O. The fourth-order valence-electron chi connectivity index (χ4n) is 1.45. The van der Waals surface area contributed by atoms with Gasteiger partial charge < -0.3 is 9.61 Å². The van der Waals surface area contributed by atoms with E-state index in [0.717, 1.165) is 17.0 Å². The molecule has 2 aromatic rings. The Morgan fingerprint density at radius 1 is 1.54 bits per heavy atom. The van der Waals surface area contributed by atoms with Gasteiger partial charge in [0.15, 0.2) is 0 Å². The summed E-state index contributed by atoms with van der Waals surface area (Å²) in [6, 6.07) is 5.82. The van der Waals surface area contributed by atoms with Crippen LogP contribution in [-0.2, 0) is 6.54 Å². The van der Waals surface area contributed by atoms with Gasteiger partial charge in [-0.25, -0.2) is 4.98 Å². The molecule has 13 heavy (non-hydrogen) atoms. The van der Waals surface area contributed by atoms with E-state index >= 15 is 0 Å². The largest absolute Gasteiger partial charge is 0.316 e. The quantitative estimate of drug-likeness (QED) is 0.676. The lowest BCUT2D eigenvalue weighted by molar-refractivity contribution is 0.159. The number of rotatable bonds is 2. The highest BCUT2D eigenvalue weighted by atomic mass is 16.5. The summed E-state index contributed by atoms with van der Waals surface area (Å²) in [6.07, 6.45) is 1.93. The molecule has 0 aromatic carbocycles. The average molecular weight is 177 g/mol. The lowest BCUT2D eigenvalue weighted by atomic mass is 10.3. The summed E-state index contributed by atoms with van der Waals surface area (Å²) in [4.78, 5) is 4.34. The number of hydrogen-bond donors (Lipinski definition) is 2. The van der Waals surface area contributed by atoms with Crippen LogP contribution in [-0.4, -0.2) is 14.6 Å². The van der Waals surface area contributed by atoms with Crippen molar-refractivity contribution in [3.05, 3.63) is 35.8 Å². The Hall–Kier alpha value is -1.39. The molecule has 0 spiro atoms. The maximum atomic E-state index is 8.63. The van der Waals surface area contributed by atoms with Gasteiger partial charge in [0.2, 0.25) is 0 Å². The van der Waals surface area contributed by atoms with Crippen molar-refractivity contribution in [1.29, 1.82) is 0 Å². The van der Waals surface area contributed by atoms with Crippen LogP contribution in [0.5, 0.6) is 0 Å². The van der Waals surface area contributed by atoms with Gasteiger partial charge in [-0.3, -0.25) is 0 Å². The zero-order valence-electron chi connectivity index (χ0n) is 7.36. The van der Waals surface area contributed by atoms with Crippen LogP contribution < -0.4 is 5.48 Å². The van der Waals surface area contributed by atoms with Crippen LogP contribution in [0.3, 0.4) is 0 Å². The van der Waals surface area contributed by atoms with Crippen LogP contribution in [0.2, 0.25) is 0 Å². The van der Waals surface area contributed by atoms with E-state index in [1.807, 2.05) is 35.7 Å². The first-order valence-electron chi connectivity index (χ1n) is 4.12. The van der Waals surface area contributed by atoms with Crippen molar-refractivity contribution < 1.29 is 5.21 Å². The second-order valence-electron chi connectivity index (χ2n) is 2.91. The van der Waals surface area contributed by atoms with E-state index in [0.29, 0.717) is 6.54 Å². The van der Waals surface area contributed by atoms with Crippen LogP contribution in [0.1, 0.15) is 11.4 Å². The first kappa shape index (κ1) is 8.22. The fraction of sp³-hybridized carbons (Fsp3) is 0.222. The third-order valence-corrected chi connectivity index (χ3v) is 2.08. The Morgan fingerprint density at radius 2 is 2.38 bits per heavy atom. The highest BCUT2D eigenvalue weighted by Crippen LogP contribution is 2.10. The Labute approximate surface area is 75.8 Å². The van der Waals surface area contributed by atoms with Crippen LogP contribution in [0.25, 0.3) is 5.65 Å². The van der Waals surface area contributed by atoms with Crippen molar-refractivity contribution in [2.45, 2.75) is 13.5 Å². The summed E-state index contributed by atoms with van der Waals surface area (Å²) >= 11 is 0. The molecule has 4 heteroatoms. The van der Waals surface area contributed by atoms with Crippen molar-refractivity contribution in [1.82, 2.24) is 14.9 Å². The smallest absolute Gasteiger partial charge is 0.137 e. The molecule has 0 fully saturated rings. The first-order chi connectivity index (χ1) is 6.33. The standard InChI is InChI=1S/C9H11N3O/c1-7-8(6-10-13)12-5-3-2-4-9(12)11-7/h2-5,10,13H,6H2,1H3. The van der Waals surface area contributed by atoms with E-state index in [-0.39, 0.29) is 0 Å². The molecule has 2 aromatic heterocycles. The molecule has 2 heterocycles. The monoisotopic (exact) mass is 177 g/mol. The molecule has 0 unspecified atom stereocenters. The minimum absolute atomic E-state index is 0.414. The Kier molecular flexibility index (Phi) is 2.00. The minimum atomic E-state index is 0.414. The fourth-order valence-corrected chi connectivity index (χ4v) is 1.45. The number of hydroxylamine groups is 1. The molecule has 0 aliphatic carbocycles. The minimum Gasteiger partial charge on any atom is -0.316 e. The second-order valence-corrected chi connectivity index (χ2v) is 2.91. The van der Waals surface area contributed by atoms with Gasteiger partial charge in [-0.15, -0.1) is 0 Å². The Bertz CT molecular complexity index is 422. The van der Waals surface area contributed by atoms with Gasteiger partial charge in [0.05, 0.1) is 17.9 Å². The third kappa shape index (κ3) is 1.30. The van der Waals surface area contributed by atoms with E-state index in [1.54, 1.807) is 0 Å². The lowest BCUT2D eigenvalue weighted by Gasteiger charge is -1.99. The lowest BCUT2D eigenvalue weighted by Crippen LogP contribution is -2.09. The molecule has 2 rings (SSSR count). The molecule has 0 saturated carbocycles. The molecular weight excluding hydrogens is 166 g/mol. The van der Waals surface area contributed by atoms with Gasteiger partial charge in [0, 0.05) is 6.20 Å². The molecule has 0 amide bonds. The molecule has 0 atom stereocenters. The first-order valence-corrected chi connectivity index (χ1v) is 4.12. The molecule has 2 N–H and O–H groups in total. The molecule has 0 bridgehead atoms. The summed E-state index contributed by atoms with van der Waals surface area (Å²) in [5, 5.41) is 8.63. The van der Waals surface area contributed by atoms with Gasteiger partial charge in [-0.05, 0) is 19.1 Å². The number of hydrogen-bond acceptors (Lipinski definition) is 3. The van der Waals surface area contributed by atoms with Crippen molar-refractivity contribution in [3.8, 4) is 0 Å². The van der Waals surface area contributed by atoms with E-state index in [2.05, 4.69) is 10.5 Å². The molecule has 0 aliphatic rings. The number of nitrogens with one attached hydrogen (secondary N) is 1. The van der Waals surface area contributed by atoms with Gasteiger partial charge in [-0.1, -0.05) is 6.07 Å². The number of aromatic nitrogens is 2. The van der Waals surface area contributed by atoms with Crippen LogP contribution in [0, 0.1) is 6.92 Å². The van der Waals surface area contributed by atoms with Crippen LogP contribution >= 0.6 is 0 Å². The summed E-state index contributed by atoms with van der Waals surface area (Å²) in [5.41, 5.74) is 4.97. The SMILES string of the molecule is Cc1nc2ccccn2c1CNO. The van der Waals surface area contributed by atoms with Gasteiger partial charge >= 0.3 is 0 Å². The van der Waals surface area contributed by atoms with Gasteiger partial charge in [-0.2, -0.15) is 5.48 Å². The predicted octanol–water partition coefficient (Wildman–Crippen LogP) is 1.12.